The minimum absolute atomic E-state index is 0.0165. The van der Waals surface area contributed by atoms with E-state index < -0.39 is 0 Å². The monoisotopic (exact) mass is 889 g/mol. The van der Waals surface area contributed by atoms with Gasteiger partial charge in [-0.1, -0.05) is 277 Å². The third-order valence-electron chi connectivity index (χ3n) is 14.7. The van der Waals surface area contributed by atoms with E-state index in [9.17, 15) is 0 Å². The van der Waals surface area contributed by atoms with Gasteiger partial charge in [0.2, 0.25) is 0 Å². The van der Waals surface area contributed by atoms with Crippen LogP contribution in [-0.4, -0.2) is 0 Å². The lowest BCUT2D eigenvalue weighted by atomic mass is 9.75. The molecule has 1 aliphatic rings. The normalized spacial score (nSPS) is 17.7. The number of hydrogen-bond donors (Lipinski definition) is 0. The van der Waals surface area contributed by atoms with E-state index in [0.717, 1.165) is 0 Å². The molecule has 8 bridgehead atoms. The van der Waals surface area contributed by atoms with Crippen molar-refractivity contribution in [1.29, 1.82) is 0 Å². The Morgan fingerprint density at radius 1 is 0.191 bits per heavy atom. The molecule has 0 radical (unpaired) electrons. The standard InChI is InChI=1S/C68H72/c1-65(2,3)57-33-25-45(26-34-57)61-49-17-13-19-51(41-49)62(46-27-35-58(36-28-46)66(4,5)6)53-21-15-23-55(43-53)64(48-31-39-60(40-32-48)68(10,11)12)56-24-16-22-54(44-56)63(52-20-14-18-50(61)42-52)47-29-37-59(38-30-47)67(7,8)9/h13-44,61-64H,1-12H3. The average Bonchev–Trinajstić information content (AvgIpc) is 3.29. The van der Waals surface area contributed by atoms with E-state index >= 15 is 0 Å². The summed E-state index contributed by atoms with van der Waals surface area (Å²) in [6, 6.07) is 76.1. The molecule has 0 saturated heterocycles. The van der Waals surface area contributed by atoms with Gasteiger partial charge >= 0.3 is 0 Å². The third-order valence-corrected chi connectivity index (χ3v) is 14.7. The second-order valence-corrected chi connectivity index (χ2v) is 23.9. The SMILES string of the molecule is CC(C)(C)c1ccc(C2c3cccc(c3)C(c3ccc(C(C)(C)C)cc3)c3cccc(c3)C(c3ccc(C(C)(C)C)cc3)c3cccc(c3)C(c3ccc(C(C)(C)C)cc3)c3cccc2c3)cc1. The first-order chi connectivity index (χ1) is 32.2. The fourth-order valence-corrected chi connectivity index (χ4v) is 10.7. The Labute approximate surface area is 409 Å². The Hall–Kier alpha value is -6.24. The summed E-state index contributed by atoms with van der Waals surface area (Å²) >= 11 is 0. The van der Waals surface area contributed by atoms with Crippen LogP contribution in [0.1, 0.15) is 196 Å². The lowest BCUT2D eigenvalue weighted by Gasteiger charge is -2.28. The Morgan fingerprint density at radius 3 is 0.471 bits per heavy atom. The van der Waals surface area contributed by atoms with Gasteiger partial charge in [-0.2, -0.15) is 0 Å². The van der Waals surface area contributed by atoms with Gasteiger partial charge in [-0.15, -0.1) is 0 Å². The molecule has 0 saturated carbocycles. The quantitative estimate of drug-likeness (QED) is 0.165. The van der Waals surface area contributed by atoms with Gasteiger partial charge in [-0.3, -0.25) is 0 Å². The fraction of sp³-hybridized carbons (Fsp3) is 0.294. The van der Waals surface area contributed by atoms with E-state index in [-0.39, 0.29) is 45.3 Å². The average molecular weight is 889 g/mol. The van der Waals surface area contributed by atoms with Crippen LogP contribution in [0.25, 0.3) is 0 Å². The van der Waals surface area contributed by atoms with Crippen molar-refractivity contribution in [3.05, 3.63) is 283 Å². The van der Waals surface area contributed by atoms with Gasteiger partial charge in [0.15, 0.2) is 0 Å². The molecule has 68 heavy (non-hydrogen) atoms. The lowest BCUT2D eigenvalue weighted by molar-refractivity contribution is 0.589. The zero-order chi connectivity index (χ0) is 48.2. The van der Waals surface area contributed by atoms with Crippen LogP contribution in [0.5, 0.6) is 0 Å². The highest BCUT2D eigenvalue weighted by Crippen LogP contribution is 2.44. The van der Waals surface area contributed by atoms with Crippen LogP contribution in [0.2, 0.25) is 0 Å². The van der Waals surface area contributed by atoms with Crippen molar-refractivity contribution >= 4 is 0 Å². The minimum atomic E-state index is 0.0165. The molecule has 1 aliphatic carbocycles. The van der Waals surface area contributed by atoms with Crippen LogP contribution < -0.4 is 0 Å². The molecule has 0 fully saturated rings. The summed E-state index contributed by atoms with van der Waals surface area (Å²) in [5, 5.41) is 0. The van der Waals surface area contributed by atoms with Crippen LogP contribution in [0.3, 0.4) is 0 Å². The Bertz CT molecular complexity index is 2510. The van der Waals surface area contributed by atoms with Gasteiger partial charge in [0.25, 0.3) is 0 Å². The molecule has 0 spiro atoms. The van der Waals surface area contributed by atoms with E-state index in [0.29, 0.717) is 0 Å². The first-order valence-corrected chi connectivity index (χ1v) is 25.0. The van der Waals surface area contributed by atoms with E-state index in [1.807, 2.05) is 0 Å². The molecule has 0 heterocycles. The molecular formula is C68H72. The largest absolute Gasteiger partial charge is 0.0617 e. The summed E-state index contributed by atoms with van der Waals surface area (Å²) in [4.78, 5) is 0. The van der Waals surface area contributed by atoms with Crippen molar-refractivity contribution in [3.8, 4) is 0 Å². The smallest absolute Gasteiger partial charge is 0.0340 e. The highest BCUT2D eigenvalue weighted by atomic mass is 14.3. The van der Waals surface area contributed by atoms with E-state index in [1.165, 1.54) is 89.0 Å². The van der Waals surface area contributed by atoms with Crippen LogP contribution in [-0.2, 0) is 21.7 Å². The van der Waals surface area contributed by atoms with Gasteiger partial charge in [0, 0.05) is 23.7 Å². The second kappa shape index (κ2) is 18.0. The van der Waals surface area contributed by atoms with Crippen molar-refractivity contribution in [3.63, 3.8) is 0 Å². The summed E-state index contributed by atoms with van der Waals surface area (Å²) in [6.07, 6.45) is 0. The summed E-state index contributed by atoms with van der Waals surface area (Å²) < 4.78 is 0. The summed E-state index contributed by atoms with van der Waals surface area (Å²) in [6.45, 7) is 27.6. The maximum Gasteiger partial charge on any atom is 0.0340 e. The molecule has 0 aromatic heterocycles. The van der Waals surface area contributed by atoms with Gasteiger partial charge in [-0.25, -0.2) is 0 Å². The van der Waals surface area contributed by atoms with Gasteiger partial charge in [0.05, 0.1) is 0 Å². The molecule has 0 nitrogen and oxygen atoms in total. The molecule has 0 atom stereocenters. The van der Waals surface area contributed by atoms with Crippen LogP contribution in [0.4, 0.5) is 0 Å². The van der Waals surface area contributed by atoms with Crippen molar-refractivity contribution in [2.45, 2.75) is 128 Å². The van der Waals surface area contributed by atoms with Crippen molar-refractivity contribution in [2.75, 3.05) is 0 Å². The maximum absolute atomic E-state index is 2.52. The van der Waals surface area contributed by atoms with Crippen molar-refractivity contribution < 1.29 is 0 Å². The molecule has 0 N–H and O–H groups in total. The highest BCUT2D eigenvalue weighted by molar-refractivity contribution is 5.56. The third kappa shape index (κ3) is 9.71. The predicted octanol–water partition coefficient (Wildman–Crippen LogP) is 17.9. The minimum Gasteiger partial charge on any atom is -0.0617 e. The first kappa shape index (κ1) is 46.9. The van der Waals surface area contributed by atoms with Crippen LogP contribution in [0.15, 0.2) is 194 Å². The fourth-order valence-electron chi connectivity index (χ4n) is 10.7. The number of benzene rings is 8. The summed E-state index contributed by atoms with van der Waals surface area (Å²) in [5.74, 6) is 0.0658. The lowest BCUT2D eigenvalue weighted by Crippen LogP contribution is -2.14. The molecule has 0 amide bonds. The zero-order valence-corrected chi connectivity index (χ0v) is 42.8. The number of fused-ring (bicyclic) bond motifs is 8. The molecule has 8 aromatic carbocycles. The Morgan fingerprint density at radius 2 is 0.338 bits per heavy atom. The molecule has 344 valence electrons. The number of rotatable bonds is 4. The van der Waals surface area contributed by atoms with Crippen LogP contribution in [0, 0.1) is 0 Å². The number of hydrogen-bond acceptors (Lipinski definition) is 0. The van der Waals surface area contributed by atoms with Crippen molar-refractivity contribution in [2.24, 2.45) is 0 Å². The van der Waals surface area contributed by atoms with Crippen LogP contribution >= 0.6 is 0 Å². The molecule has 0 unspecified atom stereocenters. The Balaban J connectivity index is 1.33. The van der Waals surface area contributed by atoms with Gasteiger partial charge in [0.1, 0.15) is 0 Å². The molecule has 0 heteroatoms. The summed E-state index contributed by atoms with van der Waals surface area (Å²) in [5.41, 5.74) is 21.2. The molecule has 8 aromatic rings. The molecule has 9 rings (SSSR count). The van der Waals surface area contributed by atoms with E-state index in [4.69, 9.17) is 0 Å². The topological polar surface area (TPSA) is 0 Å². The van der Waals surface area contributed by atoms with E-state index in [2.05, 4.69) is 277 Å². The molecule has 0 aliphatic heterocycles. The highest BCUT2D eigenvalue weighted by Gasteiger charge is 2.28. The predicted molar refractivity (Wildman–Crippen MR) is 290 cm³/mol. The van der Waals surface area contributed by atoms with E-state index in [1.54, 1.807) is 0 Å². The first-order valence-electron chi connectivity index (χ1n) is 25.0. The van der Waals surface area contributed by atoms with Gasteiger partial charge in [-0.05, 0) is 111 Å². The Kier molecular flexibility index (Phi) is 12.4. The zero-order valence-electron chi connectivity index (χ0n) is 42.8. The van der Waals surface area contributed by atoms with Crippen molar-refractivity contribution in [1.82, 2.24) is 0 Å². The molecular weight excluding hydrogens is 817 g/mol. The summed E-state index contributed by atoms with van der Waals surface area (Å²) in [7, 11) is 0. The van der Waals surface area contributed by atoms with Gasteiger partial charge < -0.3 is 0 Å². The second-order valence-electron chi connectivity index (χ2n) is 23.9. The maximum atomic E-state index is 2.52.